The average Bonchev–Trinajstić information content (AvgIpc) is 2.55. The summed E-state index contributed by atoms with van der Waals surface area (Å²) in [7, 11) is 0. The van der Waals surface area contributed by atoms with Gasteiger partial charge in [-0.25, -0.2) is 9.97 Å². The molecule has 2 aromatic carbocycles. The van der Waals surface area contributed by atoms with Gasteiger partial charge in [-0.15, -0.1) is 0 Å². The molecule has 0 aliphatic heterocycles. The molecular weight excluding hydrogens is 320 g/mol. The molecular formula is C19H19ClN4. The first kappa shape index (κ1) is 16.3. The zero-order valence-electron chi connectivity index (χ0n) is 13.5. The number of nitrogens with zero attached hydrogens (tertiary/aromatic N) is 2. The maximum absolute atomic E-state index is 6.00. The minimum Gasteiger partial charge on any atom is -0.370 e. The number of aromatic nitrogens is 2. The van der Waals surface area contributed by atoms with Crippen molar-refractivity contribution in [2.24, 2.45) is 0 Å². The van der Waals surface area contributed by atoms with E-state index in [1.807, 2.05) is 36.4 Å². The Morgan fingerprint density at radius 3 is 2.62 bits per heavy atom. The van der Waals surface area contributed by atoms with E-state index in [9.17, 15) is 0 Å². The van der Waals surface area contributed by atoms with Crippen LogP contribution < -0.4 is 10.6 Å². The van der Waals surface area contributed by atoms with Crippen LogP contribution in [0.25, 0.3) is 0 Å². The SMILES string of the molecule is Cc1cccc(Nc2cc(NCCc3cccc(Cl)c3)ncn2)c1. The maximum atomic E-state index is 6.00. The summed E-state index contributed by atoms with van der Waals surface area (Å²) in [6.45, 7) is 2.84. The summed E-state index contributed by atoms with van der Waals surface area (Å²) in [6.07, 6.45) is 2.44. The Morgan fingerprint density at radius 1 is 0.958 bits per heavy atom. The molecule has 0 radical (unpaired) electrons. The Morgan fingerprint density at radius 2 is 1.79 bits per heavy atom. The molecule has 0 bridgehead atoms. The molecule has 5 heteroatoms. The van der Waals surface area contributed by atoms with Gasteiger partial charge < -0.3 is 10.6 Å². The van der Waals surface area contributed by atoms with Crippen LogP contribution in [-0.4, -0.2) is 16.5 Å². The quantitative estimate of drug-likeness (QED) is 0.675. The fourth-order valence-electron chi connectivity index (χ4n) is 2.42. The van der Waals surface area contributed by atoms with E-state index in [2.05, 4.69) is 45.7 Å². The highest BCUT2D eigenvalue weighted by Crippen LogP contribution is 2.17. The largest absolute Gasteiger partial charge is 0.370 e. The van der Waals surface area contributed by atoms with E-state index in [0.717, 1.165) is 35.3 Å². The van der Waals surface area contributed by atoms with E-state index in [-0.39, 0.29) is 0 Å². The summed E-state index contributed by atoms with van der Waals surface area (Å²) in [5, 5.41) is 7.37. The van der Waals surface area contributed by atoms with Gasteiger partial charge in [0.2, 0.25) is 0 Å². The molecule has 0 unspecified atom stereocenters. The van der Waals surface area contributed by atoms with Gasteiger partial charge in [0.25, 0.3) is 0 Å². The molecule has 1 heterocycles. The minimum absolute atomic E-state index is 0.763. The maximum Gasteiger partial charge on any atom is 0.135 e. The number of nitrogens with one attached hydrogen (secondary N) is 2. The second kappa shape index (κ2) is 7.79. The summed E-state index contributed by atoms with van der Waals surface area (Å²) >= 11 is 6.00. The highest BCUT2D eigenvalue weighted by molar-refractivity contribution is 6.30. The van der Waals surface area contributed by atoms with Crippen LogP contribution in [0.1, 0.15) is 11.1 Å². The van der Waals surface area contributed by atoms with Crippen molar-refractivity contribution in [3.8, 4) is 0 Å². The predicted molar refractivity (Wildman–Crippen MR) is 100 cm³/mol. The Balaban J connectivity index is 1.59. The molecule has 122 valence electrons. The summed E-state index contributed by atoms with van der Waals surface area (Å²) in [6, 6.07) is 18.0. The van der Waals surface area contributed by atoms with Crippen molar-refractivity contribution in [3.63, 3.8) is 0 Å². The zero-order chi connectivity index (χ0) is 16.8. The van der Waals surface area contributed by atoms with Crippen LogP contribution in [0.3, 0.4) is 0 Å². The number of halogens is 1. The molecule has 1 aromatic heterocycles. The number of rotatable bonds is 6. The lowest BCUT2D eigenvalue weighted by Crippen LogP contribution is -2.07. The number of aryl methyl sites for hydroxylation is 1. The molecule has 0 aliphatic carbocycles. The van der Waals surface area contributed by atoms with Crippen molar-refractivity contribution in [2.45, 2.75) is 13.3 Å². The molecule has 0 fully saturated rings. The molecule has 3 aromatic rings. The van der Waals surface area contributed by atoms with Gasteiger partial charge in [0.05, 0.1) is 0 Å². The van der Waals surface area contributed by atoms with Crippen molar-refractivity contribution >= 4 is 28.9 Å². The predicted octanol–water partition coefficient (Wildman–Crippen LogP) is 4.84. The second-order valence-electron chi connectivity index (χ2n) is 5.59. The van der Waals surface area contributed by atoms with Crippen LogP contribution in [0.15, 0.2) is 60.9 Å². The Labute approximate surface area is 146 Å². The lowest BCUT2D eigenvalue weighted by Gasteiger charge is -2.09. The van der Waals surface area contributed by atoms with Crippen LogP contribution in [0, 0.1) is 6.92 Å². The summed E-state index contributed by atoms with van der Waals surface area (Å²) in [5.74, 6) is 1.56. The summed E-state index contributed by atoms with van der Waals surface area (Å²) in [5.41, 5.74) is 3.41. The zero-order valence-corrected chi connectivity index (χ0v) is 14.2. The first-order valence-electron chi connectivity index (χ1n) is 7.83. The third-order valence-corrected chi connectivity index (χ3v) is 3.80. The molecule has 24 heavy (non-hydrogen) atoms. The molecule has 0 atom stereocenters. The minimum atomic E-state index is 0.763. The van der Waals surface area contributed by atoms with Crippen LogP contribution >= 0.6 is 11.6 Å². The standard InChI is InChI=1S/C19H19ClN4/c1-14-4-2-7-17(10-14)24-19-12-18(22-13-23-19)21-9-8-15-5-3-6-16(20)11-15/h2-7,10-13H,8-9H2,1H3,(H2,21,22,23,24). The van der Waals surface area contributed by atoms with Crippen molar-refractivity contribution in [1.29, 1.82) is 0 Å². The molecule has 0 aliphatic rings. The van der Waals surface area contributed by atoms with Gasteiger partial charge in [-0.05, 0) is 48.7 Å². The van der Waals surface area contributed by atoms with Crippen LogP contribution in [-0.2, 0) is 6.42 Å². The highest BCUT2D eigenvalue weighted by Gasteiger charge is 2.01. The van der Waals surface area contributed by atoms with Crippen molar-refractivity contribution in [1.82, 2.24) is 9.97 Å². The van der Waals surface area contributed by atoms with Gasteiger partial charge in [-0.3, -0.25) is 0 Å². The molecule has 0 amide bonds. The Kier molecular flexibility index (Phi) is 5.29. The van der Waals surface area contributed by atoms with Crippen LogP contribution in [0.2, 0.25) is 5.02 Å². The van der Waals surface area contributed by atoms with Crippen molar-refractivity contribution < 1.29 is 0 Å². The van der Waals surface area contributed by atoms with E-state index in [4.69, 9.17) is 11.6 Å². The van der Waals surface area contributed by atoms with Gasteiger partial charge in [-0.1, -0.05) is 35.9 Å². The third-order valence-electron chi connectivity index (χ3n) is 3.57. The van der Waals surface area contributed by atoms with Gasteiger partial charge in [0.1, 0.15) is 18.0 Å². The molecule has 0 saturated heterocycles. The van der Waals surface area contributed by atoms with Gasteiger partial charge in [0, 0.05) is 23.3 Å². The van der Waals surface area contributed by atoms with Gasteiger partial charge in [-0.2, -0.15) is 0 Å². The van der Waals surface area contributed by atoms with Crippen molar-refractivity contribution in [2.75, 3.05) is 17.2 Å². The fourth-order valence-corrected chi connectivity index (χ4v) is 2.63. The Hall–Kier alpha value is -2.59. The van der Waals surface area contributed by atoms with Crippen molar-refractivity contribution in [3.05, 3.63) is 77.1 Å². The van der Waals surface area contributed by atoms with E-state index < -0.39 is 0 Å². The number of benzene rings is 2. The Bertz CT molecular complexity index is 820. The third kappa shape index (κ3) is 4.70. The molecule has 0 saturated carbocycles. The van der Waals surface area contributed by atoms with E-state index in [1.54, 1.807) is 6.33 Å². The monoisotopic (exact) mass is 338 g/mol. The topological polar surface area (TPSA) is 49.8 Å². The van der Waals surface area contributed by atoms with Crippen LogP contribution in [0.5, 0.6) is 0 Å². The highest BCUT2D eigenvalue weighted by atomic mass is 35.5. The van der Waals surface area contributed by atoms with E-state index in [0.29, 0.717) is 0 Å². The van der Waals surface area contributed by atoms with Gasteiger partial charge in [0.15, 0.2) is 0 Å². The second-order valence-corrected chi connectivity index (χ2v) is 6.03. The van der Waals surface area contributed by atoms with Gasteiger partial charge >= 0.3 is 0 Å². The lowest BCUT2D eigenvalue weighted by molar-refractivity contribution is 1.000. The smallest absolute Gasteiger partial charge is 0.135 e. The lowest BCUT2D eigenvalue weighted by atomic mass is 10.1. The van der Waals surface area contributed by atoms with Crippen LogP contribution in [0.4, 0.5) is 17.3 Å². The number of hydrogen-bond acceptors (Lipinski definition) is 4. The normalized spacial score (nSPS) is 10.4. The number of hydrogen-bond donors (Lipinski definition) is 2. The molecule has 4 nitrogen and oxygen atoms in total. The van der Waals surface area contributed by atoms with E-state index >= 15 is 0 Å². The average molecular weight is 339 g/mol. The molecule has 3 rings (SSSR count). The first-order valence-corrected chi connectivity index (χ1v) is 8.21. The first-order chi connectivity index (χ1) is 11.7. The van der Waals surface area contributed by atoms with E-state index in [1.165, 1.54) is 11.1 Å². The molecule has 2 N–H and O–H groups in total. The number of anilines is 3. The summed E-state index contributed by atoms with van der Waals surface area (Å²) < 4.78 is 0. The fraction of sp³-hybridized carbons (Fsp3) is 0.158. The molecule has 0 spiro atoms. The summed E-state index contributed by atoms with van der Waals surface area (Å²) in [4.78, 5) is 8.52.